The molecule has 7 heteroatoms. The summed E-state index contributed by atoms with van der Waals surface area (Å²) >= 11 is 0. The van der Waals surface area contributed by atoms with E-state index in [1.54, 1.807) is 31.4 Å². The molecule has 2 aliphatic rings. The van der Waals surface area contributed by atoms with E-state index in [0.29, 0.717) is 30.9 Å². The minimum atomic E-state index is -0.334. The summed E-state index contributed by atoms with van der Waals surface area (Å²) in [6.45, 7) is 5.58. The van der Waals surface area contributed by atoms with E-state index in [1.165, 1.54) is 0 Å². The molecule has 0 saturated carbocycles. The lowest BCUT2D eigenvalue weighted by atomic mass is 9.83. The fourth-order valence-corrected chi connectivity index (χ4v) is 5.36. The van der Waals surface area contributed by atoms with Gasteiger partial charge >= 0.3 is 0 Å². The molecular formula is C30H31N3O4. The number of likely N-dealkylation sites (tertiary alicyclic amines) is 1. The zero-order valence-corrected chi connectivity index (χ0v) is 21.4. The van der Waals surface area contributed by atoms with Gasteiger partial charge in [-0.05, 0) is 79.3 Å². The second-order valence-corrected chi connectivity index (χ2v) is 10.00. The first-order valence-electron chi connectivity index (χ1n) is 12.6. The Morgan fingerprint density at radius 3 is 2.57 bits per heavy atom. The lowest BCUT2D eigenvalue weighted by Crippen LogP contribution is -2.50. The van der Waals surface area contributed by atoms with Gasteiger partial charge in [-0.1, -0.05) is 24.3 Å². The standard InChI is InChI=1S/C30H31N3O4/c1-19-10-11-23(12-20(19)2)29(35)31-26(15-21-6-4-7-25(14-21)37-3)30(36)32-16-22-13-24(18-32)27-8-5-9-28(34)33(27)17-22/h4-12,14-15,22,24H,13,16-18H2,1-3H3,(H,31,35)/b26-15+/t22-,24+/m1/s1. The van der Waals surface area contributed by atoms with Gasteiger partial charge in [0.2, 0.25) is 0 Å². The molecule has 1 N–H and O–H groups in total. The van der Waals surface area contributed by atoms with Crippen LogP contribution in [-0.2, 0) is 11.3 Å². The van der Waals surface area contributed by atoms with E-state index in [0.717, 1.165) is 28.8 Å². The van der Waals surface area contributed by atoms with E-state index in [1.807, 2.05) is 65.8 Å². The van der Waals surface area contributed by atoms with Gasteiger partial charge in [-0.2, -0.15) is 0 Å². The maximum Gasteiger partial charge on any atom is 0.270 e. The van der Waals surface area contributed by atoms with Gasteiger partial charge in [0.05, 0.1) is 7.11 Å². The molecular weight excluding hydrogens is 466 g/mol. The molecule has 37 heavy (non-hydrogen) atoms. The minimum absolute atomic E-state index is 0.00578. The Labute approximate surface area is 216 Å². The SMILES string of the molecule is COc1cccc(/C=C(/NC(=O)c2ccc(C)c(C)c2)C(=O)N2C[C@H]3C[C@@H](C2)c2cccc(=O)n2C3)c1. The van der Waals surface area contributed by atoms with Gasteiger partial charge in [0.25, 0.3) is 17.4 Å². The number of amides is 2. The van der Waals surface area contributed by atoms with Crippen molar-refractivity contribution >= 4 is 17.9 Å². The summed E-state index contributed by atoms with van der Waals surface area (Å²) in [6.07, 6.45) is 2.64. The molecule has 2 aliphatic heterocycles. The highest BCUT2D eigenvalue weighted by atomic mass is 16.5. The van der Waals surface area contributed by atoms with Crippen molar-refractivity contribution in [1.29, 1.82) is 0 Å². The number of methoxy groups -OCH3 is 1. The molecule has 190 valence electrons. The number of aromatic nitrogens is 1. The normalized spacial score (nSPS) is 18.7. The topological polar surface area (TPSA) is 80.6 Å². The van der Waals surface area contributed by atoms with Crippen molar-refractivity contribution in [3.8, 4) is 5.75 Å². The Morgan fingerprint density at radius 1 is 0.973 bits per heavy atom. The zero-order chi connectivity index (χ0) is 26.1. The lowest BCUT2D eigenvalue weighted by molar-refractivity contribution is -0.130. The molecule has 0 spiro atoms. The van der Waals surface area contributed by atoms with Crippen LogP contribution < -0.4 is 15.6 Å². The third-order valence-corrected chi connectivity index (χ3v) is 7.42. The number of aryl methyl sites for hydroxylation is 2. The van der Waals surface area contributed by atoms with Crippen molar-refractivity contribution < 1.29 is 14.3 Å². The van der Waals surface area contributed by atoms with Crippen LogP contribution in [-0.4, -0.2) is 41.5 Å². The number of fused-ring (bicyclic) bond motifs is 4. The largest absolute Gasteiger partial charge is 0.497 e. The van der Waals surface area contributed by atoms with E-state index in [9.17, 15) is 14.4 Å². The second kappa shape index (κ2) is 10.1. The summed E-state index contributed by atoms with van der Waals surface area (Å²) in [7, 11) is 1.59. The zero-order valence-electron chi connectivity index (χ0n) is 21.4. The van der Waals surface area contributed by atoms with E-state index >= 15 is 0 Å². The third-order valence-electron chi connectivity index (χ3n) is 7.42. The summed E-state index contributed by atoms with van der Waals surface area (Å²) in [5, 5.41) is 2.89. The number of nitrogens with zero attached hydrogens (tertiary/aromatic N) is 2. The van der Waals surface area contributed by atoms with Crippen molar-refractivity contribution in [1.82, 2.24) is 14.8 Å². The summed E-state index contributed by atoms with van der Waals surface area (Å²) in [5.41, 5.74) is 4.54. The van der Waals surface area contributed by atoms with Gasteiger partial charge in [0.1, 0.15) is 11.4 Å². The predicted molar refractivity (Wildman–Crippen MR) is 142 cm³/mol. The van der Waals surface area contributed by atoms with Crippen LogP contribution in [0.1, 0.15) is 45.1 Å². The molecule has 2 amide bonds. The van der Waals surface area contributed by atoms with E-state index in [2.05, 4.69) is 5.32 Å². The molecule has 3 heterocycles. The molecule has 3 aromatic rings. The Morgan fingerprint density at radius 2 is 1.78 bits per heavy atom. The molecule has 2 bridgehead atoms. The van der Waals surface area contributed by atoms with Gasteiger partial charge in [0, 0.05) is 42.9 Å². The Bertz CT molecular complexity index is 1460. The average molecular weight is 498 g/mol. The van der Waals surface area contributed by atoms with Crippen LogP contribution in [0, 0.1) is 19.8 Å². The smallest absolute Gasteiger partial charge is 0.270 e. The number of nitrogens with one attached hydrogen (secondary N) is 1. The number of pyridine rings is 1. The first-order chi connectivity index (χ1) is 17.8. The highest BCUT2D eigenvalue weighted by Crippen LogP contribution is 2.35. The molecule has 0 unspecified atom stereocenters. The lowest BCUT2D eigenvalue weighted by Gasteiger charge is -2.43. The molecule has 5 rings (SSSR count). The van der Waals surface area contributed by atoms with Crippen LogP contribution in [0.15, 0.2) is 71.2 Å². The number of carbonyl (C=O) groups excluding carboxylic acids is 2. The van der Waals surface area contributed by atoms with E-state index < -0.39 is 0 Å². The number of benzene rings is 2. The Kier molecular flexibility index (Phi) is 6.70. The highest BCUT2D eigenvalue weighted by Gasteiger charge is 2.37. The number of ether oxygens (including phenoxy) is 1. The fourth-order valence-electron chi connectivity index (χ4n) is 5.36. The number of hydrogen-bond acceptors (Lipinski definition) is 4. The van der Waals surface area contributed by atoms with Gasteiger partial charge in [-0.25, -0.2) is 0 Å². The summed E-state index contributed by atoms with van der Waals surface area (Å²) in [5.74, 6) is 0.361. The number of rotatable bonds is 5. The Hall–Kier alpha value is -4.13. The number of piperidine rings is 1. The Balaban J connectivity index is 1.46. The van der Waals surface area contributed by atoms with Crippen LogP contribution in [0.3, 0.4) is 0 Å². The molecule has 0 aliphatic carbocycles. The minimum Gasteiger partial charge on any atom is -0.497 e. The van der Waals surface area contributed by atoms with Crippen LogP contribution in [0.5, 0.6) is 5.75 Å². The second-order valence-electron chi connectivity index (χ2n) is 10.00. The quantitative estimate of drug-likeness (QED) is 0.543. The molecule has 1 fully saturated rings. The molecule has 2 atom stereocenters. The molecule has 7 nitrogen and oxygen atoms in total. The summed E-state index contributed by atoms with van der Waals surface area (Å²) in [6, 6.07) is 18.2. The first kappa shape index (κ1) is 24.6. The fraction of sp³-hybridized carbons (Fsp3) is 0.300. The number of hydrogen-bond donors (Lipinski definition) is 1. The number of carbonyl (C=O) groups is 2. The molecule has 0 radical (unpaired) electrons. The van der Waals surface area contributed by atoms with Gasteiger partial charge in [-0.3, -0.25) is 14.4 Å². The summed E-state index contributed by atoms with van der Waals surface area (Å²) < 4.78 is 7.18. The predicted octanol–water partition coefficient (Wildman–Crippen LogP) is 3.89. The molecule has 1 saturated heterocycles. The van der Waals surface area contributed by atoms with Crippen LogP contribution in [0.2, 0.25) is 0 Å². The average Bonchev–Trinajstić information content (AvgIpc) is 2.90. The van der Waals surface area contributed by atoms with Crippen molar-refractivity contribution in [2.75, 3.05) is 20.2 Å². The molecule has 1 aromatic heterocycles. The first-order valence-corrected chi connectivity index (χ1v) is 12.6. The maximum absolute atomic E-state index is 13.9. The van der Waals surface area contributed by atoms with E-state index in [4.69, 9.17) is 4.74 Å². The van der Waals surface area contributed by atoms with Crippen molar-refractivity contribution in [3.05, 3.63) is 105 Å². The van der Waals surface area contributed by atoms with Crippen molar-refractivity contribution in [2.45, 2.75) is 32.7 Å². The maximum atomic E-state index is 13.9. The molecule has 2 aromatic carbocycles. The van der Waals surface area contributed by atoms with Crippen LogP contribution in [0.25, 0.3) is 6.08 Å². The third kappa shape index (κ3) is 5.07. The van der Waals surface area contributed by atoms with Crippen molar-refractivity contribution in [3.63, 3.8) is 0 Å². The highest BCUT2D eigenvalue weighted by molar-refractivity contribution is 6.05. The van der Waals surface area contributed by atoms with Gasteiger partial charge < -0.3 is 19.5 Å². The van der Waals surface area contributed by atoms with E-state index in [-0.39, 0.29) is 34.9 Å². The summed E-state index contributed by atoms with van der Waals surface area (Å²) in [4.78, 5) is 41.3. The van der Waals surface area contributed by atoms with Gasteiger partial charge in [0.15, 0.2) is 0 Å². The monoisotopic (exact) mass is 497 g/mol. The van der Waals surface area contributed by atoms with Crippen LogP contribution >= 0.6 is 0 Å². The van der Waals surface area contributed by atoms with Crippen molar-refractivity contribution in [2.24, 2.45) is 5.92 Å². The van der Waals surface area contributed by atoms with Gasteiger partial charge in [-0.15, -0.1) is 0 Å². The van der Waals surface area contributed by atoms with Crippen LogP contribution in [0.4, 0.5) is 0 Å².